The molecule has 0 saturated heterocycles. The molecule has 0 aliphatic rings. The molecule has 1 amide bonds. The highest BCUT2D eigenvalue weighted by molar-refractivity contribution is 5.94. The number of rotatable bonds is 7. The number of amides is 1. The summed E-state index contributed by atoms with van der Waals surface area (Å²) in [5, 5.41) is 19.2. The lowest BCUT2D eigenvalue weighted by Crippen LogP contribution is -2.26. The van der Waals surface area contributed by atoms with Crippen LogP contribution in [0.2, 0.25) is 0 Å². The minimum Gasteiger partial charge on any atom is -0.352 e. The first kappa shape index (κ1) is 20.3. The lowest BCUT2D eigenvalue weighted by Gasteiger charge is -2.07. The Bertz CT molecular complexity index is 1390. The van der Waals surface area contributed by atoms with Gasteiger partial charge < -0.3 is 10.6 Å². The molecule has 0 aliphatic carbocycles. The van der Waals surface area contributed by atoms with Gasteiger partial charge in [0.1, 0.15) is 5.69 Å². The van der Waals surface area contributed by atoms with Gasteiger partial charge in [-0.25, -0.2) is 0 Å². The number of fused-ring (bicyclic) bond motifs is 1. The number of aromatic nitrogens is 6. The van der Waals surface area contributed by atoms with E-state index >= 15 is 0 Å². The number of hydrogen-bond acceptors (Lipinski definition) is 7. The van der Waals surface area contributed by atoms with Crippen LogP contribution in [0.5, 0.6) is 0 Å². The average molecular weight is 436 g/mol. The highest BCUT2D eigenvalue weighted by atomic mass is 16.1. The Balaban J connectivity index is 1.34. The zero-order valence-electron chi connectivity index (χ0n) is 17.6. The number of carbonyl (C=O) groups excluding carboxylic acids is 1. The van der Waals surface area contributed by atoms with E-state index in [1.807, 2.05) is 60.7 Å². The summed E-state index contributed by atoms with van der Waals surface area (Å²) in [7, 11) is 0. The highest BCUT2D eigenvalue weighted by Crippen LogP contribution is 2.19. The maximum absolute atomic E-state index is 12.6. The molecule has 2 N–H and O–H groups in total. The molecule has 0 spiro atoms. The second-order valence-electron chi connectivity index (χ2n) is 7.26. The molecule has 0 fully saturated rings. The monoisotopic (exact) mass is 436 g/mol. The molecule has 9 nitrogen and oxygen atoms in total. The van der Waals surface area contributed by atoms with E-state index in [0.29, 0.717) is 41.5 Å². The third-order valence-corrected chi connectivity index (χ3v) is 4.95. The van der Waals surface area contributed by atoms with Gasteiger partial charge in [-0.15, -0.1) is 15.3 Å². The van der Waals surface area contributed by atoms with Crippen LogP contribution in [0.1, 0.15) is 16.1 Å². The number of benzene rings is 1. The van der Waals surface area contributed by atoms with E-state index in [1.165, 1.54) is 0 Å². The number of pyridine rings is 2. The number of nitrogens with one attached hydrogen (secondary N) is 2. The third-order valence-electron chi connectivity index (χ3n) is 4.95. The van der Waals surface area contributed by atoms with E-state index in [-0.39, 0.29) is 5.91 Å². The van der Waals surface area contributed by atoms with Crippen LogP contribution in [0.25, 0.3) is 17.2 Å². The summed E-state index contributed by atoms with van der Waals surface area (Å²) in [5.41, 5.74) is 3.41. The van der Waals surface area contributed by atoms with Gasteiger partial charge in [0.15, 0.2) is 11.5 Å². The first-order chi connectivity index (χ1) is 16.3. The molecule has 0 saturated carbocycles. The predicted molar refractivity (Wildman–Crippen MR) is 124 cm³/mol. The van der Waals surface area contributed by atoms with E-state index in [2.05, 4.69) is 35.9 Å². The molecular formula is C24H20N8O. The van der Waals surface area contributed by atoms with Gasteiger partial charge in [0, 0.05) is 42.3 Å². The van der Waals surface area contributed by atoms with Crippen molar-refractivity contribution in [2.75, 3.05) is 11.9 Å². The van der Waals surface area contributed by atoms with Crippen LogP contribution in [-0.4, -0.2) is 42.2 Å². The molecule has 5 aromatic rings. The molecule has 33 heavy (non-hydrogen) atoms. The first-order valence-electron chi connectivity index (χ1n) is 10.5. The number of carbonyl (C=O) groups is 1. The molecule has 0 bridgehead atoms. The molecule has 0 radical (unpaired) electrons. The van der Waals surface area contributed by atoms with Gasteiger partial charge in [-0.3, -0.25) is 14.8 Å². The van der Waals surface area contributed by atoms with Gasteiger partial charge in [-0.1, -0.05) is 24.3 Å². The van der Waals surface area contributed by atoms with Gasteiger partial charge in [-0.05, 0) is 48.5 Å². The Labute approximate surface area is 189 Å². The summed E-state index contributed by atoms with van der Waals surface area (Å²) in [6.07, 6.45) is 3.97. The van der Waals surface area contributed by atoms with Crippen molar-refractivity contribution in [1.82, 2.24) is 35.1 Å². The minimum absolute atomic E-state index is 0.192. The van der Waals surface area contributed by atoms with Gasteiger partial charge in [-0.2, -0.15) is 4.52 Å². The fraction of sp³-hybridized carbons (Fsp3) is 0.0833. The second kappa shape index (κ2) is 9.23. The van der Waals surface area contributed by atoms with Gasteiger partial charge in [0.25, 0.3) is 5.91 Å². The number of anilines is 2. The Morgan fingerprint density at radius 3 is 2.61 bits per heavy atom. The van der Waals surface area contributed by atoms with Gasteiger partial charge in [0.2, 0.25) is 5.82 Å². The van der Waals surface area contributed by atoms with E-state index in [4.69, 9.17) is 0 Å². The van der Waals surface area contributed by atoms with Crippen molar-refractivity contribution in [3.63, 3.8) is 0 Å². The molecule has 0 aliphatic heterocycles. The number of hydrogen-bond donors (Lipinski definition) is 2. The van der Waals surface area contributed by atoms with E-state index < -0.39 is 0 Å². The Morgan fingerprint density at radius 1 is 0.879 bits per heavy atom. The summed E-state index contributed by atoms with van der Waals surface area (Å²) in [4.78, 5) is 21.3. The van der Waals surface area contributed by atoms with Crippen molar-refractivity contribution >= 4 is 23.1 Å². The van der Waals surface area contributed by atoms with Crippen LogP contribution in [0.3, 0.4) is 0 Å². The summed E-state index contributed by atoms with van der Waals surface area (Å²) in [6.45, 7) is 0.484. The van der Waals surface area contributed by atoms with Crippen LogP contribution in [0.15, 0.2) is 85.2 Å². The molecule has 5 rings (SSSR count). The maximum atomic E-state index is 12.6. The Kier molecular flexibility index (Phi) is 5.66. The van der Waals surface area contributed by atoms with Gasteiger partial charge >= 0.3 is 0 Å². The lowest BCUT2D eigenvalue weighted by molar-refractivity contribution is 0.0954. The SMILES string of the molecule is O=C(NCCc1ccccn1)c1ccnc(-c2nnc3ccc(Nc4ccccc4)nn23)c1. The van der Waals surface area contributed by atoms with E-state index in [9.17, 15) is 4.79 Å². The normalized spacial score (nSPS) is 10.8. The lowest BCUT2D eigenvalue weighted by atomic mass is 10.2. The third kappa shape index (κ3) is 4.67. The molecule has 1 aromatic carbocycles. The number of para-hydroxylation sites is 1. The highest BCUT2D eigenvalue weighted by Gasteiger charge is 2.14. The average Bonchev–Trinajstić information content (AvgIpc) is 3.29. The molecule has 162 valence electrons. The van der Waals surface area contributed by atoms with Crippen LogP contribution in [-0.2, 0) is 6.42 Å². The van der Waals surface area contributed by atoms with Crippen LogP contribution >= 0.6 is 0 Å². The summed E-state index contributed by atoms with van der Waals surface area (Å²) >= 11 is 0. The van der Waals surface area contributed by atoms with E-state index in [1.54, 1.807) is 29.0 Å². The number of nitrogens with zero attached hydrogens (tertiary/aromatic N) is 6. The van der Waals surface area contributed by atoms with E-state index in [0.717, 1.165) is 11.4 Å². The summed E-state index contributed by atoms with van der Waals surface area (Å²) in [6, 6.07) is 22.5. The van der Waals surface area contributed by atoms with Crippen molar-refractivity contribution in [2.24, 2.45) is 0 Å². The first-order valence-corrected chi connectivity index (χ1v) is 10.5. The molecular weight excluding hydrogens is 416 g/mol. The Hall–Kier alpha value is -4.66. The fourth-order valence-electron chi connectivity index (χ4n) is 3.33. The minimum atomic E-state index is -0.192. The summed E-state index contributed by atoms with van der Waals surface area (Å²) in [5.74, 6) is 0.894. The smallest absolute Gasteiger partial charge is 0.251 e. The standard InChI is InChI=1S/C24H20N8O/c33-24(27-15-12-18-6-4-5-13-25-18)17-11-14-26-20(16-17)23-30-29-22-10-9-21(31-32(22)23)28-19-7-2-1-3-8-19/h1-11,13-14,16H,12,15H2,(H,27,33)(H,28,31). The molecule has 9 heteroatoms. The zero-order chi connectivity index (χ0) is 22.5. The predicted octanol–water partition coefficient (Wildman–Crippen LogP) is 3.30. The van der Waals surface area contributed by atoms with Crippen LogP contribution < -0.4 is 10.6 Å². The van der Waals surface area contributed by atoms with Crippen LogP contribution in [0, 0.1) is 0 Å². The summed E-state index contributed by atoms with van der Waals surface area (Å²) < 4.78 is 1.61. The van der Waals surface area contributed by atoms with Gasteiger partial charge in [0.05, 0.1) is 0 Å². The second-order valence-corrected chi connectivity index (χ2v) is 7.26. The Morgan fingerprint density at radius 2 is 1.76 bits per heavy atom. The van der Waals surface area contributed by atoms with Crippen molar-refractivity contribution in [3.8, 4) is 11.5 Å². The maximum Gasteiger partial charge on any atom is 0.251 e. The van der Waals surface area contributed by atoms with Crippen molar-refractivity contribution in [3.05, 3.63) is 96.4 Å². The van der Waals surface area contributed by atoms with Crippen molar-refractivity contribution in [1.29, 1.82) is 0 Å². The molecule has 4 heterocycles. The molecule has 4 aromatic heterocycles. The quantitative estimate of drug-likeness (QED) is 0.403. The largest absolute Gasteiger partial charge is 0.352 e. The van der Waals surface area contributed by atoms with Crippen molar-refractivity contribution < 1.29 is 4.79 Å². The molecule has 0 atom stereocenters. The zero-order valence-corrected chi connectivity index (χ0v) is 17.6. The van der Waals surface area contributed by atoms with Crippen molar-refractivity contribution in [2.45, 2.75) is 6.42 Å². The fourth-order valence-corrected chi connectivity index (χ4v) is 3.33. The van der Waals surface area contributed by atoms with Crippen LogP contribution in [0.4, 0.5) is 11.5 Å². The topological polar surface area (TPSA) is 110 Å². The molecule has 0 unspecified atom stereocenters.